The number of rotatable bonds is 4. The van der Waals surface area contributed by atoms with Crippen molar-refractivity contribution in [2.24, 2.45) is 17.3 Å². The van der Waals surface area contributed by atoms with E-state index < -0.39 is 5.41 Å². The summed E-state index contributed by atoms with van der Waals surface area (Å²) in [6, 6.07) is 3.75. The minimum Gasteiger partial charge on any atom is -0.486 e. The number of ether oxygens (including phenoxy) is 3. The minimum absolute atomic E-state index is 0.00400. The highest BCUT2D eigenvalue weighted by Crippen LogP contribution is 2.62. The van der Waals surface area contributed by atoms with Crippen molar-refractivity contribution >= 4 is 27.8 Å². The molecular weight excluding hydrogens is 438 g/mol. The predicted octanol–water partition coefficient (Wildman–Crippen LogP) is 3.74. The molecular formula is C22H26BrNO5. The van der Waals surface area contributed by atoms with Gasteiger partial charge >= 0.3 is 5.97 Å². The van der Waals surface area contributed by atoms with Crippen LogP contribution in [-0.4, -0.2) is 30.6 Å². The smallest absolute Gasteiger partial charge is 0.312 e. The summed E-state index contributed by atoms with van der Waals surface area (Å²) in [6.07, 6.45) is 5.62. The molecule has 0 unspecified atom stereocenters. The number of esters is 1. The molecule has 2 atom stereocenters. The maximum Gasteiger partial charge on any atom is 0.312 e. The van der Waals surface area contributed by atoms with Crippen LogP contribution in [0.3, 0.4) is 0 Å². The average molecular weight is 464 g/mol. The molecule has 1 amide bonds. The number of carbonyl (C=O) groups excluding carboxylic acids is 2. The minimum atomic E-state index is -0.465. The van der Waals surface area contributed by atoms with Crippen LogP contribution in [0.25, 0.3) is 0 Å². The van der Waals surface area contributed by atoms with Crippen LogP contribution in [-0.2, 0) is 20.9 Å². The van der Waals surface area contributed by atoms with Gasteiger partial charge < -0.3 is 19.5 Å². The number of amides is 1. The Morgan fingerprint density at radius 2 is 1.79 bits per heavy atom. The van der Waals surface area contributed by atoms with Crippen molar-refractivity contribution in [3.05, 3.63) is 22.2 Å². The van der Waals surface area contributed by atoms with Gasteiger partial charge in [0.2, 0.25) is 5.91 Å². The molecule has 1 heterocycles. The third-order valence-electron chi connectivity index (χ3n) is 7.01. The molecule has 0 aromatic heterocycles. The molecule has 29 heavy (non-hydrogen) atoms. The van der Waals surface area contributed by atoms with Gasteiger partial charge in [-0.2, -0.15) is 0 Å². The van der Waals surface area contributed by atoms with Crippen molar-refractivity contribution in [2.45, 2.75) is 57.6 Å². The Morgan fingerprint density at radius 3 is 2.45 bits per heavy atom. The predicted molar refractivity (Wildman–Crippen MR) is 109 cm³/mol. The van der Waals surface area contributed by atoms with Gasteiger partial charge in [-0.15, -0.1) is 0 Å². The lowest BCUT2D eigenvalue weighted by Crippen LogP contribution is -2.64. The summed E-state index contributed by atoms with van der Waals surface area (Å²) in [6.45, 7) is 2.82. The van der Waals surface area contributed by atoms with E-state index in [1.54, 1.807) is 6.92 Å². The number of hydrogen-bond acceptors (Lipinski definition) is 5. The van der Waals surface area contributed by atoms with E-state index in [4.69, 9.17) is 14.2 Å². The lowest BCUT2D eigenvalue weighted by atomic mass is 9.47. The van der Waals surface area contributed by atoms with Crippen LogP contribution in [0.2, 0.25) is 0 Å². The number of fused-ring (bicyclic) bond motifs is 1. The molecule has 7 heteroatoms. The fourth-order valence-corrected chi connectivity index (χ4v) is 6.97. The standard InChI is InChI=1S/C22H26BrNO5/c1-13(25)24-22-9-14-4-15(10-22)8-21(7-14,12-22)20(26)29-11-16-5-18-19(6-17(16)23)28-3-2-27-18/h5-6,14-15H,2-4,7-12H2,1H3,(H,24,25)/t14-,15-,21?,22?/m0/s1. The van der Waals surface area contributed by atoms with Crippen LogP contribution in [0.4, 0.5) is 0 Å². The third-order valence-corrected chi connectivity index (χ3v) is 7.74. The lowest BCUT2D eigenvalue weighted by Gasteiger charge is -2.60. The number of nitrogens with one attached hydrogen (secondary N) is 1. The van der Waals surface area contributed by atoms with Crippen molar-refractivity contribution < 1.29 is 23.8 Å². The third kappa shape index (κ3) is 3.41. The molecule has 1 aliphatic heterocycles. The van der Waals surface area contributed by atoms with Gasteiger partial charge in [0.25, 0.3) is 0 Å². The number of benzene rings is 1. The van der Waals surface area contributed by atoms with Crippen LogP contribution in [0.15, 0.2) is 16.6 Å². The molecule has 6 nitrogen and oxygen atoms in total. The van der Waals surface area contributed by atoms with Gasteiger partial charge in [-0.1, -0.05) is 15.9 Å². The molecule has 1 aromatic rings. The largest absolute Gasteiger partial charge is 0.486 e. The van der Waals surface area contributed by atoms with Crippen molar-refractivity contribution in [3.8, 4) is 11.5 Å². The topological polar surface area (TPSA) is 73.9 Å². The summed E-state index contributed by atoms with van der Waals surface area (Å²) in [5.74, 6) is 2.26. The molecule has 156 valence electrons. The average Bonchev–Trinajstić information content (AvgIpc) is 2.64. The summed E-state index contributed by atoms with van der Waals surface area (Å²) in [5.41, 5.74) is 0.170. The van der Waals surface area contributed by atoms with E-state index in [2.05, 4.69) is 21.2 Å². The molecule has 0 spiro atoms. The van der Waals surface area contributed by atoms with Gasteiger partial charge in [0.1, 0.15) is 19.8 Å². The highest BCUT2D eigenvalue weighted by atomic mass is 79.9. The van der Waals surface area contributed by atoms with Gasteiger partial charge in [0.15, 0.2) is 11.5 Å². The number of hydrogen-bond donors (Lipinski definition) is 1. The van der Waals surface area contributed by atoms with Gasteiger partial charge in [-0.3, -0.25) is 9.59 Å². The van der Waals surface area contributed by atoms with E-state index in [-0.39, 0.29) is 24.0 Å². The molecule has 4 fully saturated rings. The Balaban J connectivity index is 1.33. The number of halogens is 1. The summed E-state index contributed by atoms with van der Waals surface area (Å²) >= 11 is 3.55. The normalized spacial score (nSPS) is 34.0. The monoisotopic (exact) mass is 463 g/mol. The summed E-state index contributed by atoms with van der Waals surface area (Å²) in [7, 11) is 0. The van der Waals surface area contributed by atoms with E-state index in [9.17, 15) is 9.59 Å². The van der Waals surface area contributed by atoms with E-state index in [1.807, 2.05) is 12.1 Å². The Labute approximate surface area is 178 Å². The Morgan fingerprint density at radius 1 is 1.14 bits per heavy atom. The lowest BCUT2D eigenvalue weighted by molar-refractivity contribution is -0.177. The summed E-state index contributed by atoms with van der Waals surface area (Å²) in [4.78, 5) is 25.1. The molecule has 4 bridgehead atoms. The summed E-state index contributed by atoms with van der Waals surface area (Å²) in [5, 5.41) is 3.20. The van der Waals surface area contributed by atoms with Gasteiger partial charge in [-0.05, 0) is 62.5 Å². The Kier molecular flexibility index (Phi) is 4.57. The Bertz CT molecular complexity index is 855. The first-order valence-electron chi connectivity index (χ1n) is 10.4. The molecule has 6 rings (SSSR count). The van der Waals surface area contributed by atoms with Crippen LogP contribution >= 0.6 is 15.9 Å². The highest BCUT2D eigenvalue weighted by molar-refractivity contribution is 9.10. The fourth-order valence-electron chi connectivity index (χ4n) is 6.53. The first kappa shape index (κ1) is 19.2. The molecule has 1 N–H and O–H groups in total. The van der Waals surface area contributed by atoms with Crippen molar-refractivity contribution in [1.82, 2.24) is 5.32 Å². The fraction of sp³-hybridized carbons (Fsp3) is 0.636. The molecule has 0 saturated heterocycles. The molecule has 4 aliphatic carbocycles. The van der Waals surface area contributed by atoms with E-state index >= 15 is 0 Å². The second kappa shape index (κ2) is 6.89. The SMILES string of the molecule is CC(=O)NC12C[C@H]3C[C@H](C1)CC(C(=O)OCc1cc4c(cc1Br)OCCO4)(C3)C2. The van der Waals surface area contributed by atoms with Crippen LogP contribution in [0.1, 0.15) is 51.0 Å². The Hall–Kier alpha value is -1.76. The van der Waals surface area contributed by atoms with Crippen LogP contribution in [0.5, 0.6) is 11.5 Å². The van der Waals surface area contributed by atoms with E-state index in [0.717, 1.165) is 35.7 Å². The van der Waals surface area contributed by atoms with Gasteiger partial charge in [0.05, 0.1) is 5.41 Å². The zero-order chi connectivity index (χ0) is 20.2. The van der Waals surface area contributed by atoms with Crippen molar-refractivity contribution in [2.75, 3.05) is 13.2 Å². The second-order valence-electron chi connectivity index (χ2n) is 9.37. The second-order valence-corrected chi connectivity index (χ2v) is 10.2. The quantitative estimate of drug-likeness (QED) is 0.688. The van der Waals surface area contributed by atoms with Crippen LogP contribution < -0.4 is 14.8 Å². The van der Waals surface area contributed by atoms with Crippen LogP contribution in [0, 0.1) is 17.3 Å². The first-order valence-corrected chi connectivity index (χ1v) is 11.2. The molecule has 1 aromatic carbocycles. The van der Waals surface area contributed by atoms with E-state index in [1.165, 1.54) is 6.42 Å². The maximum atomic E-state index is 13.3. The molecule has 4 saturated carbocycles. The van der Waals surface area contributed by atoms with E-state index in [0.29, 0.717) is 43.0 Å². The molecule has 0 radical (unpaired) electrons. The zero-order valence-corrected chi connectivity index (χ0v) is 18.2. The van der Waals surface area contributed by atoms with Crippen molar-refractivity contribution in [3.63, 3.8) is 0 Å². The zero-order valence-electron chi connectivity index (χ0n) is 16.6. The van der Waals surface area contributed by atoms with Gasteiger partial charge in [0, 0.05) is 22.5 Å². The highest BCUT2D eigenvalue weighted by Gasteiger charge is 2.61. The van der Waals surface area contributed by atoms with Crippen molar-refractivity contribution in [1.29, 1.82) is 0 Å². The molecule has 5 aliphatic rings. The maximum absolute atomic E-state index is 13.3. The van der Waals surface area contributed by atoms with Gasteiger partial charge in [-0.25, -0.2) is 0 Å². The number of carbonyl (C=O) groups is 2. The first-order chi connectivity index (χ1) is 13.9. The summed E-state index contributed by atoms with van der Waals surface area (Å²) < 4.78 is 17.9.